The Morgan fingerprint density at radius 2 is 2.28 bits per heavy atom. The zero-order valence-corrected chi connectivity index (χ0v) is 12.5. The topological polar surface area (TPSA) is 47.0 Å². The standard InChI is InChI=1S/C13H20BrN3O/c1-3-13(4-2)7-10(5-6-18-13)17-12-11(14)8-15-9-16-12/h8-10H,3-7H2,1-2H3,(H,15,16,17). The Bertz CT molecular complexity index is 396. The number of ether oxygens (including phenoxy) is 1. The molecule has 1 aliphatic rings. The Hall–Kier alpha value is -0.680. The van der Waals surface area contributed by atoms with Gasteiger partial charge >= 0.3 is 0 Å². The summed E-state index contributed by atoms with van der Waals surface area (Å²) < 4.78 is 6.89. The monoisotopic (exact) mass is 313 g/mol. The van der Waals surface area contributed by atoms with Crippen LogP contribution in [0.1, 0.15) is 39.5 Å². The molecule has 2 heterocycles. The first-order valence-electron chi connectivity index (χ1n) is 6.55. The van der Waals surface area contributed by atoms with Crippen LogP contribution in [-0.4, -0.2) is 28.2 Å². The molecule has 1 aromatic heterocycles. The molecule has 0 spiro atoms. The molecule has 18 heavy (non-hydrogen) atoms. The summed E-state index contributed by atoms with van der Waals surface area (Å²) in [6, 6.07) is 0.421. The second-order valence-corrected chi connectivity index (χ2v) is 5.65. The molecule has 0 bridgehead atoms. The molecule has 1 unspecified atom stereocenters. The molecule has 2 rings (SSSR count). The van der Waals surface area contributed by atoms with Crippen LogP contribution in [-0.2, 0) is 4.74 Å². The summed E-state index contributed by atoms with van der Waals surface area (Å²) in [5.74, 6) is 0.873. The molecule has 1 N–H and O–H groups in total. The first-order valence-corrected chi connectivity index (χ1v) is 7.34. The van der Waals surface area contributed by atoms with E-state index in [1.54, 1.807) is 12.5 Å². The number of hydrogen-bond donors (Lipinski definition) is 1. The Kier molecular flexibility index (Phi) is 4.56. The van der Waals surface area contributed by atoms with E-state index in [1.165, 1.54) is 0 Å². The average molecular weight is 314 g/mol. The zero-order valence-electron chi connectivity index (χ0n) is 10.9. The zero-order chi connectivity index (χ0) is 13.0. The molecule has 0 amide bonds. The number of nitrogens with one attached hydrogen (secondary N) is 1. The highest BCUT2D eigenvalue weighted by Crippen LogP contribution is 2.33. The van der Waals surface area contributed by atoms with Crippen molar-refractivity contribution in [3.05, 3.63) is 17.0 Å². The summed E-state index contributed by atoms with van der Waals surface area (Å²) in [4.78, 5) is 8.24. The maximum absolute atomic E-state index is 5.98. The van der Waals surface area contributed by atoms with E-state index in [-0.39, 0.29) is 5.60 Å². The molecular formula is C13H20BrN3O. The first kappa shape index (κ1) is 13.7. The van der Waals surface area contributed by atoms with Gasteiger partial charge in [0.05, 0.1) is 10.1 Å². The molecule has 1 fully saturated rings. The highest BCUT2D eigenvalue weighted by molar-refractivity contribution is 9.10. The van der Waals surface area contributed by atoms with E-state index in [0.717, 1.165) is 42.6 Å². The van der Waals surface area contributed by atoms with Gasteiger partial charge in [0.25, 0.3) is 0 Å². The van der Waals surface area contributed by atoms with Gasteiger partial charge in [-0.1, -0.05) is 13.8 Å². The van der Waals surface area contributed by atoms with E-state index in [2.05, 4.69) is 45.1 Å². The second-order valence-electron chi connectivity index (χ2n) is 4.79. The fourth-order valence-electron chi connectivity index (χ4n) is 2.51. The van der Waals surface area contributed by atoms with Crippen LogP contribution in [0.5, 0.6) is 0 Å². The van der Waals surface area contributed by atoms with Crippen LogP contribution in [0.4, 0.5) is 5.82 Å². The Morgan fingerprint density at radius 3 is 2.94 bits per heavy atom. The SMILES string of the molecule is CCC1(CC)CC(Nc2ncncc2Br)CCO1. The summed E-state index contributed by atoms with van der Waals surface area (Å²) in [6.45, 7) is 5.22. The van der Waals surface area contributed by atoms with Gasteiger partial charge in [0.2, 0.25) is 0 Å². The van der Waals surface area contributed by atoms with Crippen LogP contribution in [0.2, 0.25) is 0 Å². The lowest BCUT2D eigenvalue weighted by molar-refractivity contribution is -0.0864. The normalized spacial score (nSPS) is 22.7. The van der Waals surface area contributed by atoms with Crippen molar-refractivity contribution in [1.29, 1.82) is 0 Å². The molecule has 0 saturated carbocycles. The highest BCUT2D eigenvalue weighted by Gasteiger charge is 2.34. The average Bonchev–Trinajstić information content (AvgIpc) is 2.41. The van der Waals surface area contributed by atoms with Gasteiger partial charge in [0.1, 0.15) is 12.1 Å². The second kappa shape index (κ2) is 5.97. The number of halogens is 1. The molecule has 0 radical (unpaired) electrons. The van der Waals surface area contributed by atoms with Gasteiger partial charge in [-0.05, 0) is 41.6 Å². The molecule has 0 aromatic carbocycles. The summed E-state index contributed by atoms with van der Waals surface area (Å²) in [5, 5.41) is 3.49. The molecular weight excluding hydrogens is 294 g/mol. The first-order chi connectivity index (χ1) is 8.69. The lowest BCUT2D eigenvalue weighted by atomic mass is 9.86. The molecule has 1 saturated heterocycles. The molecule has 0 aliphatic carbocycles. The van der Waals surface area contributed by atoms with E-state index >= 15 is 0 Å². The van der Waals surface area contributed by atoms with Crippen molar-refractivity contribution in [2.24, 2.45) is 0 Å². The smallest absolute Gasteiger partial charge is 0.143 e. The van der Waals surface area contributed by atoms with Crippen molar-refractivity contribution in [2.45, 2.75) is 51.2 Å². The lowest BCUT2D eigenvalue weighted by Crippen LogP contribution is -2.43. The molecule has 1 atom stereocenters. The summed E-state index contributed by atoms with van der Waals surface area (Å²) in [6.07, 6.45) is 7.52. The fraction of sp³-hybridized carbons (Fsp3) is 0.692. The third-order valence-corrected chi connectivity index (χ3v) is 4.37. The van der Waals surface area contributed by atoms with Gasteiger partial charge in [0, 0.05) is 18.8 Å². The number of nitrogens with zero attached hydrogens (tertiary/aromatic N) is 2. The number of rotatable bonds is 4. The Labute approximate surface area is 117 Å². The van der Waals surface area contributed by atoms with Crippen LogP contribution in [0, 0.1) is 0 Å². The van der Waals surface area contributed by atoms with Crippen LogP contribution in [0.25, 0.3) is 0 Å². The molecule has 1 aliphatic heterocycles. The summed E-state index contributed by atoms with van der Waals surface area (Å²) >= 11 is 3.47. The van der Waals surface area contributed by atoms with E-state index < -0.39 is 0 Å². The lowest BCUT2D eigenvalue weighted by Gasteiger charge is -2.40. The number of hydrogen-bond acceptors (Lipinski definition) is 4. The predicted molar refractivity (Wildman–Crippen MR) is 75.6 cm³/mol. The number of aromatic nitrogens is 2. The maximum Gasteiger partial charge on any atom is 0.143 e. The predicted octanol–water partition coefficient (Wildman–Crippen LogP) is 3.39. The van der Waals surface area contributed by atoms with Gasteiger partial charge in [-0.2, -0.15) is 0 Å². The van der Waals surface area contributed by atoms with Crippen LogP contribution in [0.15, 0.2) is 17.0 Å². The molecule has 100 valence electrons. The molecule has 5 heteroatoms. The third-order valence-electron chi connectivity index (χ3n) is 3.79. The van der Waals surface area contributed by atoms with Crippen molar-refractivity contribution >= 4 is 21.7 Å². The minimum absolute atomic E-state index is 0.0371. The van der Waals surface area contributed by atoms with Gasteiger partial charge in [0.15, 0.2) is 0 Å². The summed E-state index contributed by atoms with van der Waals surface area (Å²) in [7, 11) is 0. The van der Waals surface area contributed by atoms with Crippen LogP contribution >= 0.6 is 15.9 Å². The van der Waals surface area contributed by atoms with E-state index in [0.29, 0.717) is 6.04 Å². The van der Waals surface area contributed by atoms with E-state index in [9.17, 15) is 0 Å². The molecule has 1 aromatic rings. The maximum atomic E-state index is 5.98. The van der Waals surface area contributed by atoms with Crippen molar-refractivity contribution < 1.29 is 4.74 Å². The Balaban J connectivity index is 2.04. The Morgan fingerprint density at radius 1 is 1.50 bits per heavy atom. The highest BCUT2D eigenvalue weighted by atomic mass is 79.9. The van der Waals surface area contributed by atoms with Crippen molar-refractivity contribution in [3.63, 3.8) is 0 Å². The van der Waals surface area contributed by atoms with Crippen LogP contribution in [0.3, 0.4) is 0 Å². The van der Waals surface area contributed by atoms with Gasteiger partial charge < -0.3 is 10.1 Å². The third kappa shape index (κ3) is 3.01. The van der Waals surface area contributed by atoms with Crippen molar-refractivity contribution in [3.8, 4) is 0 Å². The van der Waals surface area contributed by atoms with Crippen molar-refractivity contribution in [1.82, 2.24) is 9.97 Å². The fourth-order valence-corrected chi connectivity index (χ4v) is 2.84. The van der Waals surface area contributed by atoms with Crippen molar-refractivity contribution in [2.75, 3.05) is 11.9 Å². The quantitative estimate of drug-likeness (QED) is 0.925. The minimum Gasteiger partial charge on any atom is -0.375 e. The molecule has 4 nitrogen and oxygen atoms in total. The van der Waals surface area contributed by atoms with Crippen LogP contribution < -0.4 is 5.32 Å². The van der Waals surface area contributed by atoms with Gasteiger partial charge in [-0.15, -0.1) is 0 Å². The van der Waals surface area contributed by atoms with E-state index in [1.807, 2.05) is 0 Å². The largest absolute Gasteiger partial charge is 0.375 e. The minimum atomic E-state index is 0.0371. The van der Waals surface area contributed by atoms with E-state index in [4.69, 9.17) is 4.74 Å². The van der Waals surface area contributed by atoms with Gasteiger partial charge in [-0.25, -0.2) is 9.97 Å². The number of anilines is 1. The van der Waals surface area contributed by atoms with Gasteiger partial charge in [-0.3, -0.25) is 0 Å². The summed E-state index contributed by atoms with van der Waals surface area (Å²) in [5.41, 5.74) is 0.0371.